The van der Waals surface area contributed by atoms with Crippen LogP contribution < -0.4 is 0 Å². The minimum atomic E-state index is -0.0516. The Bertz CT molecular complexity index is 564. The summed E-state index contributed by atoms with van der Waals surface area (Å²) in [5.74, 6) is -0.0516. The Labute approximate surface area is 113 Å². The van der Waals surface area contributed by atoms with Crippen molar-refractivity contribution < 1.29 is 4.79 Å². The van der Waals surface area contributed by atoms with Gasteiger partial charge in [-0.1, -0.05) is 29.8 Å². The summed E-state index contributed by atoms with van der Waals surface area (Å²) in [6, 6.07) is 10.0. The molecule has 4 heteroatoms. The molecule has 4 nitrogen and oxygen atoms in total. The van der Waals surface area contributed by atoms with Gasteiger partial charge >= 0.3 is 0 Å². The average Bonchev–Trinajstić information content (AvgIpc) is 2.71. The van der Waals surface area contributed by atoms with Crippen LogP contribution in [0.3, 0.4) is 0 Å². The highest BCUT2D eigenvalue weighted by atomic mass is 16.2. The summed E-state index contributed by atoms with van der Waals surface area (Å²) in [6.07, 6.45) is 0. The Morgan fingerprint density at radius 3 is 2.42 bits per heavy atom. The fraction of sp³-hybridized carbons (Fsp3) is 0.333. The molecule has 1 heterocycles. The maximum atomic E-state index is 12.2. The Morgan fingerprint density at radius 1 is 1.26 bits per heavy atom. The number of carbonyl (C=O) groups excluding carboxylic acids is 1. The molecule has 0 saturated heterocycles. The van der Waals surface area contributed by atoms with Gasteiger partial charge in [0.2, 0.25) is 0 Å². The second kappa shape index (κ2) is 5.26. The molecule has 2 rings (SSSR count). The standard InChI is InChI=1S/C15H19N3O/c1-11-5-7-13(8-6-11)10-17(3)15(19)14-9-12(2)18(4)16-14/h5-9H,10H2,1-4H3. The molecule has 0 bridgehead atoms. The third kappa shape index (κ3) is 3.02. The molecule has 1 aromatic heterocycles. The lowest BCUT2D eigenvalue weighted by atomic mass is 10.1. The van der Waals surface area contributed by atoms with E-state index in [1.807, 2.05) is 32.2 Å². The molecule has 100 valence electrons. The Hall–Kier alpha value is -2.10. The van der Waals surface area contributed by atoms with Crippen LogP contribution in [0.15, 0.2) is 30.3 Å². The molecule has 0 radical (unpaired) electrons. The van der Waals surface area contributed by atoms with Crippen LogP contribution in [0, 0.1) is 13.8 Å². The molecular weight excluding hydrogens is 238 g/mol. The topological polar surface area (TPSA) is 38.1 Å². The molecule has 0 aliphatic heterocycles. The first kappa shape index (κ1) is 13.3. The summed E-state index contributed by atoms with van der Waals surface area (Å²) >= 11 is 0. The highest BCUT2D eigenvalue weighted by Gasteiger charge is 2.15. The van der Waals surface area contributed by atoms with Crippen molar-refractivity contribution in [1.29, 1.82) is 0 Å². The fourth-order valence-corrected chi connectivity index (χ4v) is 1.90. The quantitative estimate of drug-likeness (QED) is 0.846. The van der Waals surface area contributed by atoms with Crippen LogP contribution in [0.4, 0.5) is 0 Å². The minimum absolute atomic E-state index is 0.0516. The van der Waals surface area contributed by atoms with Crippen LogP contribution in [0.2, 0.25) is 0 Å². The fourth-order valence-electron chi connectivity index (χ4n) is 1.90. The van der Waals surface area contributed by atoms with Crippen LogP contribution in [0.25, 0.3) is 0 Å². The van der Waals surface area contributed by atoms with Gasteiger partial charge in [0, 0.05) is 26.3 Å². The van der Waals surface area contributed by atoms with Crippen LogP contribution >= 0.6 is 0 Å². The minimum Gasteiger partial charge on any atom is -0.336 e. The monoisotopic (exact) mass is 257 g/mol. The lowest BCUT2D eigenvalue weighted by Gasteiger charge is -2.16. The number of nitrogens with zero attached hydrogens (tertiary/aromatic N) is 3. The second-order valence-corrected chi connectivity index (χ2v) is 4.94. The molecule has 0 fully saturated rings. The third-order valence-corrected chi connectivity index (χ3v) is 3.22. The molecule has 2 aromatic rings. The lowest BCUT2D eigenvalue weighted by Crippen LogP contribution is -2.26. The number of aromatic nitrogens is 2. The zero-order valence-electron chi connectivity index (χ0n) is 11.8. The summed E-state index contributed by atoms with van der Waals surface area (Å²) < 4.78 is 1.72. The molecule has 0 aliphatic carbocycles. The molecule has 19 heavy (non-hydrogen) atoms. The second-order valence-electron chi connectivity index (χ2n) is 4.94. The number of benzene rings is 1. The van der Waals surface area contributed by atoms with Crippen molar-refractivity contribution in [3.63, 3.8) is 0 Å². The highest BCUT2D eigenvalue weighted by molar-refractivity contribution is 5.92. The van der Waals surface area contributed by atoms with E-state index in [2.05, 4.69) is 24.2 Å². The van der Waals surface area contributed by atoms with E-state index < -0.39 is 0 Å². The molecule has 0 saturated carbocycles. The van der Waals surface area contributed by atoms with Crippen LogP contribution in [0.1, 0.15) is 27.3 Å². The van der Waals surface area contributed by atoms with E-state index in [0.29, 0.717) is 12.2 Å². The Morgan fingerprint density at radius 2 is 1.89 bits per heavy atom. The van der Waals surface area contributed by atoms with Gasteiger partial charge < -0.3 is 4.90 Å². The molecule has 0 unspecified atom stereocenters. The van der Waals surface area contributed by atoms with E-state index in [1.54, 1.807) is 16.6 Å². The van der Waals surface area contributed by atoms with Gasteiger partial charge in [0.1, 0.15) is 0 Å². The van der Waals surface area contributed by atoms with Gasteiger partial charge in [0.15, 0.2) is 5.69 Å². The number of rotatable bonds is 3. The Kier molecular flexibility index (Phi) is 3.69. The number of amides is 1. The zero-order chi connectivity index (χ0) is 14.0. The van der Waals surface area contributed by atoms with Crippen molar-refractivity contribution in [1.82, 2.24) is 14.7 Å². The van der Waals surface area contributed by atoms with Gasteiger partial charge in [-0.25, -0.2) is 0 Å². The van der Waals surface area contributed by atoms with Crippen molar-refractivity contribution in [2.45, 2.75) is 20.4 Å². The number of hydrogen-bond acceptors (Lipinski definition) is 2. The summed E-state index contributed by atoms with van der Waals surface area (Å²) in [4.78, 5) is 13.9. The largest absolute Gasteiger partial charge is 0.336 e. The van der Waals surface area contributed by atoms with Crippen molar-refractivity contribution in [3.05, 3.63) is 52.8 Å². The summed E-state index contributed by atoms with van der Waals surface area (Å²) in [7, 11) is 3.64. The summed E-state index contributed by atoms with van der Waals surface area (Å²) in [5.41, 5.74) is 3.81. The molecule has 0 N–H and O–H groups in total. The van der Waals surface area contributed by atoms with E-state index in [9.17, 15) is 4.79 Å². The SMILES string of the molecule is Cc1ccc(CN(C)C(=O)c2cc(C)n(C)n2)cc1. The molecule has 1 amide bonds. The lowest BCUT2D eigenvalue weighted by molar-refractivity contribution is 0.0778. The number of aryl methyl sites for hydroxylation is 3. The van der Waals surface area contributed by atoms with Crippen molar-refractivity contribution in [2.24, 2.45) is 7.05 Å². The molecule has 0 atom stereocenters. The maximum Gasteiger partial charge on any atom is 0.274 e. The predicted octanol–water partition coefficient (Wildman–Crippen LogP) is 2.31. The van der Waals surface area contributed by atoms with E-state index >= 15 is 0 Å². The number of hydrogen-bond donors (Lipinski definition) is 0. The summed E-state index contributed by atoms with van der Waals surface area (Å²) in [6.45, 7) is 4.58. The van der Waals surface area contributed by atoms with E-state index in [4.69, 9.17) is 0 Å². The molecule has 1 aromatic carbocycles. The third-order valence-electron chi connectivity index (χ3n) is 3.22. The first-order valence-corrected chi connectivity index (χ1v) is 6.29. The van der Waals surface area contributed by atoms with Crippen LogP contribution in [-0.4, -0.2) is 27.6 Å². The van der Waals surface area contributed by atoms with Crippen molar-refractivity contribution in [3.8, 4) is 0 Å². The predicted molar refractivity (Wildman–Crippen MR) is 74.9 cm³/mol. The van der Waals surface area contributed by atoms with E-state index in [-0.39, 0.29) is 5.91 Å². The van der Waals surface area contributed by atoms with E-state index in [1.165, 1.54) is 5.56 Å². The first-order chi connectivity index (χ1) is 8.97. The van der Waals surface area contributed by atoms with Gasteiger partial charge in [-0.05, 0) is 25.5 Å². The smallest absolute Gasteiger partial charge is 0.274 e. The normalized spacial score (nSPS) is 10.5. The first-order valence-electron chi connectivity index (χ1n) is 6.29. The van der Waals surface area contributed by atoms with Gasteiger partial charge in [0.05, 0.1) is 0 Å². The van der Waals surface area contributed by atoms with Crippen molar-refractivity contribution >= 4 is 5.91 Å². The maximum absolute atomic E-state index is 12.2. The zero-order valence-corrected chi connectivity index (χ0v) is 11.8. The van der Waals surface area contributed by atoms with Gasteiger partial charge in [-0.3, -0.25) is 9.48 Å². The summed E-state index contributed by atoms with van der Waals surface area (Å²) in [5, 5.41) is 4.21. The molecule has 0 spiro atoms. The average molecular weight is 257 g/mol. The molecular formula is C15H19N3O. The highest BCUT2D eigenvalue weighted by Crippen LogP contribution is 2.09. The van der Waals surface area contributed by atoms with Crippen LogP contribution in [0.5, 0.6) is 0 Å². The van der Waals surface area contributed by atoms with Gasteiger partial charge in [-0.2, -0.15) is 5.10 Å². The van der Waals surface area contributed by atoms with Crippen molar-refractivity contribution in [2.75, 3.05) is 7.05 Å². The van der Waals surface area contributed by atoms with Gasteiger partial charge in [0.25, 0.3) is 5.91 Å². The van der Waals surface area contributed by atoms with Crippen LogP contribution in [-0.2, 0) is 13.6 Å². The van der Waals surface area contributed by atoms with Gasteiger partial charge in [-0.15, -0.1) is 0 Å². The van der Waals surface area contributed by atoms with E-state index in [0.717, 1.165) is 11.3 Å². The molecule has 0 aliphatic rings. The number of carbonyl (C=O) groups is 1. The Balaban J connectivity index is 2.09.